The van der Waals surface area contributed by atoms with Crippen molar-refractivity contribution in [3.63, 3.8) is 0 Å². The van der Waals surface area contributed by atoms with E-state index in [1.54, 1.807) is 29.9 Å². The average Bonchev–Trinajstić information content (AvgIpc) is 3.34. The number of aromatic nitrogens is 2. The first-order valence-electron chi connectivity index (χ1n) is 9.82. The molecule has 1 amide bonds. The van der Waals surface area contributed by atoms with Crippen LogP contribution in [0.25, 0.3) is 10.9 Å². The van der Waals surface area contributed by atoms with Crippen LogP contribution in [-0.4, -0.2) is 58.6 Å². The van der Waals surface area contributed by atoms with Gasteiger partial charge in [0, 0.05) is 37.5 Å². The molecule has 10 heteroatoms. The molecule has 0 spiro atoms. The van der Waals surface area contributed by atoms with Crippen LogP contribution in [-0.2, 0) is 22.9 Å². The average molecular weight is 447 g/mol. The van der Waals surface area contributed by atoms with Gasteiger partial charge in [0.2, 0.25) is 0 Å². The Kier molecular flexibility index (Phi) is 5.78. The number of rotatable bonds is 6. The van der Waals surface area contributed by atoms with Gasteiger partial charge in [-0.3, -0.25) is 14.9 Å². The third-order valence-corrected chi connectivity index (χ3v) is 7.27. The summed E-state index contributed by atoms with van der Waals surface area (Å²) < 4.78 is 39.0. The summed E-state index contributed by atoms with van der Waals surface area (Å²) in [5.74, 6) is -1.02. The molecule has 1 aromatic carbocycles. The highest BCUT2D eigenvalue weighted by Crippen LogP contribution is 2.26. The summed E-state index contributed by atoms with van der Waals surface area (Å²) in [4.78, 5) is 18.1. The quantitative estimate of drug-likeness (QED) is 0.443. The van der Waals surface area contributed by atoms with Gasteiger partial charge < -0.3 is 4.57 Å². The number of fused-ring (bicyclic) bond motifs is 1. The van der Waals surface area contributed by atoms with E-state index >= 15 is 0 Å². The number of nitrogens with zero attached hydrogens (tertiary/aromatic N) is 3. The van der Waals surface area contributed by atoms with E-state index in [-0.39, 0.29) is 16.8 Å². The van der Waals surface area contributed by atoms with E-state index in [0.29, 0.717) is 32.6 Å². The fourth-order valence-corrected chi connectivity index (χ4v) is 5.03. The largest absolute Gasteiger partial charge is 0.341 e. The highest BCUT2D eigenvalue weighted by molar-refractivity contribution is 7.91. The van der Waals surface area contributed by atoms with E-state index in [0.717, 1.165) is 22.0 Å². The second-order valence-electron chi connectivity index (χ2n) is 7.91. The molecule has 0 radical (unpaired) electrons. The zero-order valence-electron chi connectivity index (χ0n) is 17.0. The molecule has 0 aliphatic carbocycles. The number of likely N-dealkylation sites (tertiary alicyclic amines) is 1. The van der Waals surface area contributed by atoms with Gasteiger partial charge in [0.1, 0.15) is 11.5 Å². The minimum Gasteiger partial charge on any atom is -0.341 e. The summed E-state index contributed by atoms with van der Waals surface area (Å²) in [6, 6.07) is 7.83. The van der Waals surface area contributed by atoms with Crippen molar-refractivity contribution in [3.05, 3.63) is 65.4 Å². The maximum atomic E-state index is 13.3. The van der Waals surface area contributed by atoms with Gasteiger partial charge in [0.25, 0.3) is 5.91 Å². The highest BCUT2D eigenvalue weighted by atomic mass is 32.2. The Labute approximate surface area is 179 Å². The summed E-state index contributed by atoms with van der Waals surface area (Å²) >= 11 is 0. The molecule has 1 atom stereocenters. The van der Waals surface area contributed by atoms with E-state index in [9.17, 15) is 17.6 Å². The SMILES string of the molecule is CS(=O)(=O)C1CCN(Cc2cn(Cc3ccc(F)cc3)c3cnc(C(=O)NO)cc23)C1. The van der Waals surface area contributed by atoms with Gasteiger partial charge in [0.05, 0.1) is 17.0 Å². The molecule has 1 aliphatic heterocycles. The fraction of sp³-hybridized carbons (Fsp3) is 0.333. The molecule has 3 heterocycles. The topological polar surface area (TPSA) is 105 Å². The van der Waals surface area contributed by atoms with E-state index in [4.69, 9.17) is 5.21 Å². The second kappa shape index (κ2) is 8.37. The van der Waals surface area contributed by atoms with Gasteiger partial charge in [-0.25, -0.2) is 23.3 Å². The fourth-order valence-electron chi connectivity index (χ4n) is 4.02. The first kappa shape index (κ1) is 21.4. The Balaban J connectivity index is 1.68. The lowest BCUT2D eigenvalue weighted by molar-refractivity contribution is 0.0701. The molecule has 164 valence electrons. The lowest BCUT2D eigenvalue weighted by atomic mass is 10.1. The van der Waals surface area contributed by atoms with Crippen molar-refractivity contribution >= 4 is 26.6 Å². The van der Waals surface area contributed by atoms with Crippen LogP contribution >= 0.6 is 0 Å². The van der Waals surface area contributed by atoms with E-state index in [1.807, 2.05) is 10.8 Å². The van der Waals surface area contributed by atoms with Crippen molar-refractivity contribution in [2.45, 2.75) is 24.8 Å². The number of nitrogens with one attached hydrogen (secondary N) is 1. The Morgan fingerprint density at radius 3 is 2.68 bits per heavy atom. The number of carbonyl (C=O) groups is 1. The number of hydrogen-bond acceptors (Lipinski definition) is 6. The molecule has 1 saturated heterocycles. The van der Waals surface area contributed by atoms with E-state index in [1.165, 1.54) is 18.4 Å². The molecule has 3 aromatic rings. The number of benzene rings is 1. The zero-order chi connectivity index (χ0) is 22.2. The molecule has 1 unspecified atom stereocenters. The summed E-state index contributed by atoms with van der Waals surface area (Å²) in [7, 11) is -3.10. The monoisotopic (exact) mass is 446 g/mol. The van der Waals surface area contributed by atoms with Gasteiger partial charge in [-0.2, -0.15) is 0 Å². The molecule has 31 heavy (non-hydrogen) atoms. The van der Waals surface area contributed by atoms with Crippen LogP contribution in [0.4, 0.5) is 4.39 Å². The number of hydroxylamine groups is 1. The maximum absolute atomic E-state index is 13.3. The molecule has 8 nitrogen and oxygen atoms in total. The second-order valence-corrected chi connectivity index (χ2v) is 10.2. The van der Waals surface area contributed by atoms with Crippen molar-refractivity contribution in [1.29, 1.82) is 0 Å². The molecule has 2 N–H and O–H groups in total. The molecular formula is C21H23FN4O4S. The van der Waals surface area contributed by atoms with Gasteiger partial charge in [-0.05, 0) is 42.3 Å². The predicted octanol–water partition coefficient (Wildman–Crippen LogP) is 1.96. The Morgan fingerprint density at radius 2 is 2.03 bits per heavy atom. The van der Waals surface area contributed by atoms with Gasteiger partial charge >= 0.3 is 0 Å². The van der Waals surface area contributed by atoms with Gasteiger partial charge in [-0.15, -0.1) is 0 Å². The Bertz CT molecular complexity index is 1220. The number of halogens is 1. The zero-order valence-corrected chi connectivity index (χ0v) is 17.8. The number of carbonyl (C=O) groups excluding carboxylic acids is 1. The predicted molar refractivity (Wildman–Crippen MR) is 113 cm³/mol. The molecule has 1 fully saturated rings. The molecule has 0 saturated carbocycles. The normalized spacial score (nSPS) is 17.3. The number of hydrogen-bond donors (Lipinski definition) is 2. The standard InChI is InChI=1S/C21H23FN4O4S/c1-31(29,30)17-6-7-25(13-17)11-15-12-26(10-14-2-4-16(22)5-3-14)20-9-23-19(8-18(15)20)21(27)24-28/h2-5,8-9,12,17,28H,6-7,10-11,13H2,1H3,(H,24,27). The van der Waals surface area contributed by atoms with Crippen LogP contribution in [0.15, 0.2) is 42.7 Å². The first-order valence-corrected chi connectivity index (χ1v) is 11.8. The molecule has 0 bridgehead atoms. The van der Waals surface area contributed by atoms with Crippen molar-refractivity contribution in [1.82, 2.24) is 19.9 Å². The van der Waals surface area contributed by atoms with Crippen LogP contribution in [0.1, 0.15) is 28.0 Å². The smallest absolute Gasteiger partial charge is 0.293 e. The van der Waals surface area contributed by atoms with Crippen LogP contribution in [0.3, 0.4) is 0 Å². The lowest BCUT2D eigenvalue weighted by Gasteiger charge is -2.15. The summed E-state index contributed by atoms with van der Waals surface area (Å²) in [5, 5.41) is 9.36. The minimum atomic E-state index is -3.10. The molecule has 2 aromatic heterocycles. The third-order valence-electron chi connectivity index (χ3n) is 5.68. The summed E-state index contributed by atoms with van der Waals surface area (Å²) in [5.41, 5.74) is 4.27. The lowest BCUT2D eigenvalue weighted by Crippen LogP contribution is -2.26. The maximum Gasteiger partial charge on any atom is 0.293 e. The number of pyridine rings is 1. The molecule has 4 rings (SSSR count). The third kappa shape index (κ3) is 4.60. The molecular weight excluding hydrogens is 423 g/mol. The van der Waals surface area contributed by atoms with Crippen molar-refractivity contribution in [3.8, 4) is 0 Å². The van der Waals surface area contributed by atoms with Crippen LogP contribution in [0.5, 0.6) is 0 Å². The van der Waals surface area contributed by atoms with Crippen molar-refractivity contribution in [2.24, 2.45) is 0 Å². The molecule has 1 aliphatic rings. The van der Waals surface area contributed by atoms with Crippen molar-refractivity contribution < 1.29 is 22.8 Å². The van der Waals surface area contributed by atoms with Gasteiger partial charge in [0.15, 0.2) is 9.84 Å². The van der Waals surface area contributed by atoms with E-state index < -0.39 is 15.7 Å². The van der Waals surface area contributed by atoms with Crippen LogP contribution in [0.2, 0.25) is 0 Å². The highest BCUT2D eigenvalue weighted by Gasteiger charge is 2.30. The van der Waals surface area contributed by atoms with Gasteiger partial charge in [-0.1, -0.05) is 12.1 Å². The van der Waals surface area contributed by atoms with Crippen LogP contribution in [0, 0.1) is 5.82 Å². The van der Waals surface area contributed by atoms with Crippen LogP contribution < -0.4 is 5.48 Å². The Hall–Kier alpha value is -2.82. The first-order chi connectivity index (χ1) is 14.7. The summed E-state index contributed by atoms with van der Waals surface area (Å²) in [6.45, 7) is 2.12. The Morgan fingerprint density at radius 1 is 1.29 bits per heavy atom. The minimum absolute atomic E-state index is 0.0752. The number of amides is 1. The van der Waals surface area contributed by atoms with E-state index in [2.05, 4.69) is 9.88 Å². The number of sulfone groups is 1. The summed E-state index contributed by atoms with van der Waals surface area (Å²) in [6.07, 6.45) is 5.37. The van der Waals surface area contributed by atoms with Crippen molar-refractivity contribution in [2.75, 3.05) is 19.3 Å².